The molecule has 0 aliphatic heterocycles. The normalized spacial score (nSPS) is 13.0. The van der Waals surface area contributed by atoms with Crippen molar-refractivity contribution >= 4 is 11.6 Å². The van der Waals surface area contributed by atoms with Gasteiger partial charge in [0.05, 0.1) is 11.6 Å². The summed E-state index contributed by atoms with van der Waals surface area (Å²) in [6, 6.07) is 1.87. The molecular formula is C9H12ClN5. The molecule has 0 radical (unpaired) electrons. The Labute approximate surface area is 92.7 Å². The summed E-state index contributed by atoms with van der Waals surface area (Å²) in [7, 11) is 1.86. The van der Waals surface area contributed by atoms with Crippen molar-refractivity contribution in [2.45, 2.75) is 18.7 Å². The first-order valence-corrected chi connectivity index (χ1v) is 5.20. The molecule has 0 aliphatic rings. The summed E-state index contributed by atoms with van der Waals surface area (Å²) >= 11 is 6.06. The first-order chi connectivity index (χ1) is 7.20. The number of halogens is 1. The van der Waals surface area contributed by atoms with Gasteiger partial charge in [0.25, 0.3) is 0 Å². The predicted molar refractivity (Wildman–Crippen MR) is 57.0 cm³/mol. The van der Waals surface area contributed by atoms with E-state index in [2.05, 4.69) is 15.4 Å². The Morgan fingerprint density at radius 1 is 1.53 bits per heavy atom. The van der Waals surface area contributed by atoms with Crippen molar-refractivity contribution in [1.29, 1.82) is 0 Å². The molecule has 15 heavy (non-hydrogen) atoms. The SMILES string of the molecule is CCC(Cl)c1cn(-c2ccn(C)n2)nn1. The molecule has 6 heteroatoms. The third-order valence-electron chi connectivity index (χ3n) is 2.12. The van der Waals surface area contributed by atoms with Crippen LogP contribution >= 0.6 is 11.6 Å². The maximum Gasteiger partial charge on any atom is 0.176 e. The van der Waals surface area contributed by atoms with Gasteiger partial charge in [0.1, 0.15) is 5.69 Å². The summed E-state index contributed by atoms with van der Waals surface area (Å²) in [5, 5.41) is 12.1. The molecule has 0 saturated carbocycles. The number of alkyl halides is 1. The lowest BCUT2D eigenvalue weighted by Gasteiger charge is -1.98. The number of hydrogen-bond acceptors (Lipinski definition) is 3. The Balaban J connectivity index is 2.27. The highest BCUT2D eigenvalue weighted by Gasteiger charge is 2.11. The first kappa shape index (κ1) is 10.2. The Morgan fingerprint density at radius 3 is 2.93 bits per heavy atom. The summed E-state index contributed by atoms with van der Waals surface area (Å²) in [5.41, 5.74) is 0.782. The highest BCUT2D eigenvalue weighted by atomic mass is 35.5. The molecule has 5 nitrogen and oxygen atoms in total. The fourth-order valence-corrected chi connectivity index (χ4v) is 1.37. The van der Waals surface area contributed by atoms with E-state index in [1.807, 2.05) is 32.4 Å². The molecule has 80 valence electrons. The number of aryl methyl sites for hydroxylation is 1. The van der Waals surface area contributed by atoms with Crippen LogP contribution in [0.5, 0.6) is 0 Å². The second-order valence-corrected chi connectivity index (χ2v) is 3.84. The lowest BCUT2D eigenvalue weighted by Crippen LogP contribution is -1.97. The fourth-order valence-electron chi connectivity index (χ4n) is 1.27. The van der Waals surface area contributed by atoms with E-state index in [9.17, 15) is 0 Å². The van der Waals surface area contributed by atoms with Crippen LogP contribution in [0.25, 0.3) is 5.82 Å². The van der Waals surface area contributed by atoms with Gasteiger partial charge in [-0.3, -0.25) is 4.68 Å². The summed E-state index contributed by atoms with van der Waals surface area (Å²) in [6.07, 6.45) is 4.50. The van der Waals surface area contributed by atoms with Gasteiger partial charge in [0, 0.05) is 19.3 Å². The van der Waals surface area contributed by atoms with Crippen molar-refractivity contribution < 1.29 is 0 Å². The van der Waals surface area contributed by atoms with Gasteiger partial charge in [-0.05, 0) is 6.42 Å². The number of nitrogens with zero attached hydrogens (tertiary/aromatic N) is 5. The van der Waals surface area contributed by atoms with Crippen molar-refractivity contribution in [3.63, 3.8) is 0 Å². The molecule has 0 saturated heterocycles. The third-order valence-corrected chi connectivity index (χ3v) is 2.66. The smallest absolute Gasteiger partial charge is 0.176 e. The van der Waals surface area contributed by atoms with Crippen LogP contribution in [0.2, 0.25) is 0 Å². The monoisotopic (exact) mass is 225 g/mol. The maximum absolute atomic E-state index is 6.06. The molecule has 2 aromatic heterocycles. The topological polar surface area (TPSA) is 48.5 Å². The van der Waals surface area contributed by atoms with Crippen molar-refractivity contribution in [1.82, 2.24) is 24.8 Å². The van der Waals surface area contributed by atoms with Gasteiger partial charge < -0.3 is 0 Å². The van der Waals surface area contributed by atoms with Crippen molar-refractivity contribution in [3.8, 4) is 5.82 Å². The van der Waals surface area contributed by atoms with Gasteiger partial charge in [-0.15, -0.1) is 16.7 Å². The van der Waals surface area contributed by atoms with E-state index in [0.29, 0.717) is 0 Å². The van der Waals surface area contributed by atoms with Crippen LogP contribution in [0, 0.1) is 0 Å². The van der Waals surface area contributed by atoms with E-state index in [4.69, 9.17) is 11.6 Å². The number of aromatic nitrogens is 5. The maximum atomic E-state index is 6.06. The van der Waals surface area contributed by atoms with E-state index >= 15 is 0 Å². The molecule has 1 atom stereocenters. The molecule has 0 spiro atoms. The lowest BCUT2D eigenvalue weighted by molar-refractivity contribution is 0.714. The van der Waals surface area contributed by atoms with Crippen LogP contribution in [-0.2, 0) is 7.05 Å². The quantitative estimate of drug-likeness (QED) is 0.747. The minimum absolute atomic E-state index is 0.0811. The zero-order chi connectivity index (χ0) is 10.8. The Hall–Kier alpha value is -1.36. The zero-order valence-corrected chi connectivity index (χ0v) is 9.39. The van der Waals surface area contributed by atoms with Crippen LogP contribution in [-0.4, -0.2) is 24.8 Å². The van der Waals surface area contributed by atoms with Gasteiger partial charge in [0.2, 0.25) is 0 Å². The minimum Gasteiger partial charge on any atom is -0.274 e. The molecule has 2 aromatic rings. The molecule has 0 N–H and O–H groups in total. The van der Waals surface area contributed by atoms with Gasteiger partial charge in [-0.1, -0.05) is 12.1 Å². The lowest BCUT2D eigenvalue weighted by atomic mass is 10.3. The molecule has 2 heterocycles. The van der Waals surface area contributed by atoms with Crippen molar-refractivity contribution in [2.24, 2.45) is 7.05 Å². The molecule has 2 rings (SSSR count). The van der Waals surface area contributed by atoms with E-state index in [1.54, 1.807) is 9.36 Å². The van der Waals surface area contributed by atoms with E-state index < -0.39 is 0 Å². The zero-order valence-electron chi connectivity index (χ0n) is 8.63. The van der Waals surface area contributed by atoms with Gasteiger partial charge in [0.15, 0.2) is 5.82 Å². The van der Waals surface area contributed by atoms with Gasteiger partial charge >= 0.3 is 0 Å². The largest absolute Gasteiger partial charge is 0.274 e. The fraction of sp³-hybridized carbons (Fsp3) is 0.444. The molecule has 0 aromatic carbocycles. The van der Waals surface area contributed by atoms with Crippen LogP contribution in [0.1, 0.15) is 24.4 Å². The summed E-state index contributed by atoms with van der Waals surface area (Å²) < 4.78 is 3.34. The Bertz CT molecular complexity index is 447. The highest BCUT2D eigenvalue weighted by molar-refractivity contribution is 6.20. The molecule has 0 bridgehead atoms. The Morgan fingerprint density at radius 2 is 2.33 bits per heavy atom. The van der Waals surface area contributed by atoms with Crippen LogP contribution in [0.15, 0.2) is 18.5 Å². The van der Waals surface area contributed by atoms with Crippen molar-refractivity contribution in [2.75, 3.05) is 0 Å². The molecule has 1 unspecified atom stereocenters. The van der Waals surface area contributed by atoms with E-state index in [-0.39, 0.29) is 5.38 Å². The van der Waals surface area contributed by atoms with Crippen LogP contribution in [0.3, 0.4) is 0 Å². The molecule has 0 aliphatic carbocycles. The summed E-state index contributed by atoms with van der Waals surface area (Å²) in [5.74, 6) is 0.746. The second kappa shape index (κ2) is 4.02. The average molecular weight is 226 g/mol. The van der Waals surface area contributed by atoms with Gasteiger partial charge in [-0.2, -0.15) is 5.10 Å². The number of hydrogen-bond donors (Lipinski definition) is 0. The standard InChI is InChI=1S/C9H12ClN5/c1-3-7(10)8-6-15(13-11-8)9-4-5-14(2)12-9/h4-7H,3H2,1-2H3. The predicted octanol–water partition coefficient (Wildman–Crippen LogP) is 1.69. The van der Waals surface area contributed by atoms with Crippen molar-refractivity contribution in [3.05, 3.63) is 24.2 Å². The number of rotatable bonds is 3. The Kier molecular flexibility index (Phi) is 2.73. The molecule has 0 fully saturated rings. The van der Waals surface area contributed by atoms with Gasteiger partial charge in [-0.25, -0.2) is 4.68 Å². The summed E-state index contributed by atoms with van der Waals surface area (Å²) in [4.78, 5) is 0. The minimum atomic E-state index is -0.0811. The summed E-state index contributed by atoms with van der Waals surface area (Å²) in [6.45, 7) is 2.01. The molecular weight excluding hydrogens is 214 g/mol. The second-order valence-electron chi connectivity index (χ2n) is 3.31. The van der Waals surface area contributed by atoms with Crippen LogP contribution in [0.4, 0.5) is 0 Å². The van der Waals surface area contributed by atoms with E-state index in [0.717, 1.165) is 17.9 Å². The van der Waals surface area contributed by atoms with E-state index in [1.165, 1.54) is 0 Å². The molecule has 0 amide bonds. The third kappa shape index (κ3) is 2.02. The highest BCUT2D eigenvalue weighted by Crippen LogP contribution is 2.21. The average Bonchev–Trinajstić information content (AvgIpc) is 2.84. The van der Waals surface area contributed by atoms with Crippen LogP contribution < -0.4 is 0 Å². The first-order valence-electron chi connectivity index (χ1n) is 4.77.